The van der Waals surface area contributed by atoms with Gasteiger partial charge in [0.2, 0.25) is 6.41 Å². The Labute approximate surface area is 256 Å². The number of piperidine rings is 1. The molecule has 1 aliphatic rings. The monoisotopic (exact) mass is 644 g/mol. The van der Waals surface area contributed by atoms with Crippen LogP contribution in [-0.4, -0.2) is 46.7 Å². The Balaban J connectivity index is 0.00000529. The average molecular weight is 645 g/mol. The summed E-state index contributed by atoms with van der Waals surface area (Å²) in [5.41, 5.74) is -5.93. The van der Waals surface area contributed by atoms with Gasteiger partial charge in [-0.25, -0.2) is 0 Å². The van der Waals surface area contributed by atoms with Gasteiger partial charge in [-0.3, -0.25) is 14.5 Å². The highest BCUT2D eigenvalue weighted by atomic mass is 35.5. The van der Waals surface area contributed by atoms with Crippen LogP contribution >= 0.6 is 12.4 Å². The predicted molar refractivity (Wildman–Crippen MR) is 152 cm³/mol. The third kappa shape index (κ3) is 7.36. The number of aliphatic carboxylic acids is 1. The SMILES string of the molecule is Cl.O=CNC(CCC(C(=O)O)(c1ccccc1)c1ccccc1)N1CCC(O)(c2cc(C(F)(F)F)cc(C(F)(F)F)c2)CC1. The second-order valence-corrected chi connectivity index (χ2v) is 10.6. The molecule has 13 heteroatoms. The summed E-state index contributed by atoms with van der Waals surface area (Å²) in [6.07, 6.45) is -10.6. The molecule has 1 fully saturated rings. The van der Waals surface area contributed by atoms with Crippen molar-refractivity contribution in [3.8, 4) is 0 Å². The quantitative estimate of drug-likeness (QED) is 0.177. The third-order valence-electron chi connectivity index (χ3n) is 8.14. The van der Waals surface area contributed by atoms with Crippen LogP contribution in [-0.2, 0) is 33.0 Å². The molecule has 1 amide bonds. The maximum atomic E-state index is 13.4. The standard InChI is InChI=1S/C31H30F6N2O4.ClH/c32-30(33,34)24-17-23(18-25(19-24)31(35,36)37)28(43)13-15-39(16-14-28)26(38-20-40)11-12-29(27(41)42,21-7-3-1-4-8-21)22-9-5-2-6-10-22;/h1-10,17-20,26,43H,11-16H2,(H,38,40)(H,41,42);1H. The molecule has 1 atom stereocenters. The highest BCUT2D eigenvalue weighted by molar-refractivity contribution is 5.86. The number of hydrogen-bond donors (Lipinski definition) is 3. The van der Waals surface area contributed by atoms with E-state index in [1.807, 2.05) is 0 Å². The molecule has 0 radical (unpaired) electrons. The minimum Gasteiger partial charge on any atom is -0.480 e. The van der Waals surface area contributed by atoms with Gasteiger partial charge in [0.25, 0.3) is 0 Å². The maximum Gasteiger partial charge on any atom is 0.416 e. The van der Waals surface area contributed by atoms with Crippen LogP contribution in [0.3, 0.4) is 0 Å². The highest BCUT2D eigenvalue weighted by Gasteiger charge is 2.45. The topological polar surface area (TPSA) is 89.9 Å². The number of amides is 1. The van der Waals surface area contributed by atoms with E-state index < -0.39 is 52.2 Å². The Morgan fingerprint density at radius 3 is 1.68 bits per heavy atom. The van der Waals surface area contributed by atoms with E-state index in [4.69, 9.17) is 0 Å². The largest absolute Gasteiger partial charge is 0.480 e. The second kappa shape index (κ2) is 13.6. The summed E-state index contributed by atoms with van der Waals surface area (Å²) in [4.78, 5) is 26.2. The van der Waals surface area contributed by atoms with E-state index in [9.17, 15) is 46.1 Å². The molecule has 1 saturated heterocycles. The molecule has 0 bridgehead atoms. The zero-order chi connectivity index (χ0) is 31.5. The summed E-state index contributed by atoms with van der Waals surface area (Å²) < 4.78 is 80.5. The second-order valence-electron chi connectivity index (χ2n) is 10.6. The molecule has 1 heterocycles. The zero-order valence-electron chi connectivity index (χ0n) is 23.2. The van der Waals surface area contributed by atoms with Crippen molar-refractivity contribution in [2.24, 2.45) is 0 Å². The van der Waals surface area contributed by atoms with Crippen LogP contribution < -0.4 is 5.32 Å². The molecule has 6 nitrogen and oxygen atoms in total. The normalized spacial score (nSPS) is 16.4. The third-order valence-corrected chi connectivity index (χ3v) is 8.14. The van der Waals surface area contributed by atoms with Gasteiger partial charge in [-0.05, 0) is 60.6 Å². The van der Waals surface area contributed by atoms with Crippen LogP contribution in [0.5, 0.6) is 0 Å². The number of nitrogens with zero attached hydrogens (tertiary/aromatic N) is 1. The molecule has 3 N–H and O–H groups in total. The van der Waals surface area contributed by atoms with E-state index in [1.54, 1.807) is 65.6 Å². The van der Waals surface area contributed by atoms with Crippen molar-refractivity contribution >= 4 is 24.8 Å². The molecular weight excluding hydrogens is 614 g/mol. The lowest BCUT2D eigenvalue weighted by Gasteiger charge is -2.43. The number of nitrogens with one attached hydrogen (secondary N) is 1. The van der Waals surface area contributed by atoms with E-state index in [-0.39, 0.29) is 57.2 Å². The first-order chi connectivity index (χ1) is 20.2. The molecule has 0 aromatic heterocycles. The van der Waals surface area contributed by atoms with Gasteiger partial charge in [-0.1, -0.05) is 60.7 Å². The van der Waals surface area contributed by atoms with E-state index in [1.165, 1.54) is 0 Å². The first kappa shape index (κ1) is 34.9. The molecule has 3 aromatic carbocycles. The van der Waals surface area contributed by atoms with Gasteiger partial charge in [-0.15, -0.1) is 12.4 Å². The van der Waals surface area contributed by atoms with Crippen molar-refractivity contribution in [2.45, 2.75) is 55.2 Å². The zero-order valence-corrected chi connectivity index (χ0v) is 24.1. The summed E-state index contributed by atoms with van der Waals surface area (Å²) >= 11 is 0. The lowest BCUT2D eigenvalue weighted by atomic mass is 9.71. The molecule has 3 aromatic rings. The summed E-state index contributed by atoms with van der Waals surface area (Å²) in [5.74, 6) is -1.10. The molecule has 238 valence electrons. The minimum absolute atomic E-state index is 0. The number of halogens is 7. The molecular formula is C31H31ClF6N2O4. The Bertz CT molecular complexity index is 1340. The number of benzene rings is 3. The maximum absolute atomic E-state index is 13.4. The lowest BCUT2D eigenvalue weighted by molar-refractivity contribution is -0.144. The van der Waals surface area contributed by atoms with Crippen molar-refractivity contribution in [3.63, 3.8) is 0 Å². The van der Waals surface area contributed by atoms with Crippen LogP contribution in [0.4, 0.5) is 26.3 Å². The van der Waals surface area contributed by atoms with E-state index >= 15 is 0 Å². The Morgan fingerprint density at radius 1 is 0.841 bits per heavy atom. The van der Waals surface area contributed by atoms with Gasteiger partial charge in [0.05, 0.1) is 22.9 Å². The van der Waals surface area contributed by atoms with Gasteiger partial charge in [0, 0.05) is 13.1 Å². The van der Waals surface area contributed by atoms with Gasteiger partial charge in [0.15, 0.2) is 0 Å². The van der Waals surface area contributed by atoms with Crippen LogP contribution in [0.25, 0.3) is 0 Å². The van der Waals surface area contributed by atoms with Crippen molar-refractivity contribution < 1.29 is 46.1 Å². The van der Waals surface area contributed by atoms with Gasteiger partial charge in [0.1, 0.15) is 5.41 Å². The molecule has 0 aliphatic carbocycles. The number of carbonyl (C=O) groups is 2. The summed E-state index contributed by atoms with van der Waals surface area (Å²) in [6.45, 7) is 0.0205. The lowest BCUT2D eigenvalue weighted by Crippen LogP contribution is -2.52. The summed E-state index contributed by atoms with van der Waals surface area (Å²) in [7, 11) is 0. The van der Waals surface area contributed by atoms with Crippen molar-refractivity contribution in [3.05, 3.63) is 107 Å². The fraction of sp³-hybridized carbons (Fsp3) is 0.355. The molecule has 4 rings (SSSR count). The fourth-order valence-electron chi connectivity index (χ4n) is 5.78. The number of hydrogen-bond acceptors (Lipinski definition) is 4. The van der Waals surface area contributed by atoms with Gasteiger partial charge < -0.3 is 15.5 Å². The first-order valence-corrected chi connectivity index (χ1v) is 13.5. The number of rotatable bonds is 10. The molecule has 0 spiro atoms. The minimum atomic E-state index is -5.06. The highest BCUT2D eigenvalue weighted by Crippen LogP contribution is 2.42. The number of carbonyl (C=O) groups excluding carboxylic acids is 1. The van der Waals surface area contributed by atoms with Gasteiger partial charge in [-0.2, -0.15) is 26.3 Å². The van der Waals surface area contributed by atoms with Crippen molar-refractivity contribution in [1.82, 2.24) is 10.2 Å². The number of likely N-dealkylation sites (tertiary alicyclic amines) is 1. The van der Waals surface area contributed by atoms with Crippen LogP contribution in [0.15, 0.2) is 78.9 Å². The van der Waals surface area contributed by atoms with Crippen LogP contribution in [0, 0.1) is 0 Å². The number of aliphatic hydroxyl groups is 1. The molecule has 44 heavy (non-hydrogen) atoms. The Kier molecular flexibility index (Phi) is 10.8. The first-order valence-electron chi connectivity index (χ1n) is 13.5. The Morgan fingerprint density at radius 2 is 1.30 bits per heavy atom. The van der Waals surface area contributed by atoms with E-state index in [2.05, 4.69) is 5.32 Å². The fourth-order valence-corrected chi connectivity index (χ4v) is 5.78. The van der Waals surface area contributed by atoms with Crippen LogP contribution in [0.1, 0.15) is 53.5 Å². The van der Waals surface area contributed by atoms with Crippen LogP contribution in [0.2, 0.25) is 0 Å². The van der Waals surface area contributed by atoms with E-state index in [0.717, 1.165) is 0 Å². The smallest absolute Gasteiger partial charge is 0.416 e. The predicted octanol–water partition coefficient (Wildman–Crippen LogP) is 6.35. The Hall–Kier alpha value is -3.61. The van der Waals surface area contributed by atoms with Crippen molar-refractivity contribution in [2.75, 3.05) is 13.1 Å². The number of carboxylic acid groups (broad SMARTS) is 1. The van der Waals surface area contributed by atoms with Gasteiger partial charge >= 0.3 is 18.3 Å². The van der Waals surface area contributed by atoms with E-state index in [0.29, 0.717) is 29.7 Å². The molecule has 0 saturated carbocycles. The summed E-state index contributed by atoms with van der Waals surface area (Å²) in [5, 5.41) is 24.5. The number of alkyl halides is 6. The van der Waals surface area contributed by atoms with Crippen molar-refractivity contribution in [1.29, 1.82) is 0 Å². The molecule has 1 aliphatic heterocycles. The summed E-state index contributed by atoms with van der Waals surface area (Å²) in [6, 6.07) is 18.3. The molecule has 1 unspecified atom stereocenters. The number of carboxylic acids is 1. The average Bonchev–Trinajstić information content (AvgIpc) is 2.97.